The average Bonchev–Trinajstić information content (AvgIpc) is 2.28. The maximum Gasteiger partial charge on any atom is 0.260 e. The van der Waals surface area contributed by atoms with Crippen LogP contribution >= 0.6 is 11.6 Å². The van der Waals surface area contributed by atoms with E-state index in [0.29, 0.717) is 17.0 Å². The van der Waals surface area contributed by atoms with Crippen LogP contribution in [0.4, 0.5) is 0 Å². The molecule has 2 rings (SSSR count). The molecule has 1 heterocycles. The summed E-state index contributed by atoms with van der Waals surface area (Å²) in [6.45, 7) is 4.39. The molecule has 0 aliphatic heterocycles. The molecule has 3 nitrogen and oxygen atoms in total. The van der Waals surface area contributed by atoms with Crippen molar-refractivity contribution in [1.82, 2.24) is 4.57 Å². The molecule has 2 N–H and O–H groups in total. The normalized spacial score (nSPS) is 12.9. The third-order valence-electron chi connectivity index (χ3n) is 2.90. The molecule has 0 radical (unpaired) electrons. The van der Waals surface area contributed by atoms with E-state index in [4.69, 9.17) is 17.3 Å². The number of fused-ring (bicyclic) bond motifs is 1. The van der Waals surface area contributed by atoms with Crippen molar-refractivity contribution in [1.29, 1.82) is 0 Å². The molecular formula is C13H15ClN2O. The lowest BCUT2D eigenvalue weighted by Gasteiger charge is -2.15. The Bertz CT molecular complexity index is 617. The fraction of sp³-hybridized carbons (Fsp3) is 0.308. The molecule has 0 saturated carbocycles. The Labute approximate surface area is 105 Å². The van der Waals surface area contributed by atoms with Crippen molar-refractivity contribution in [3.05, 3.63) is 45.3 Å². The molecule has 0 aliphatic rings. The molecule has 1 atom stereocenters. The molecular weight excluding hydrogens is 236 g/mol. The topological polar surface area (TPSA) is 48.0 Å². The molecule has 0 amide bonds. The minimum atomic E-state index is -0.175. The molecule has 0 unspecified atom stereocenters. The summed E-state index contributed by atoms with van der Waals surface area (Å²) in [4.78, 5) is 12.3. The van der Waals surface area contributed by atoms with Gasteiger partial charge in [0.1, 0.15) is 0 Å². The summed E-state index contributed by atoms with van der Waals surface area (Å²) in [6, 6.07) is 7.22. The van der Waals surface area contributed by atoms with Gasteiger partial charge in [-0.05, 0) is 31.4 Å². The van der Waals surface area contributed by atoms with Crippen molar-refractivity contribution >= 4 is 22.4 Å². The van der Waals surface area contributed by atoms with Gasteiger partial charge in [0.05, 0.1) is 10.4 Å². The number of nitrogens with two attached hydrogens (primary N) is 1. The van der Waals surface area contributed by atoms with E-state index < -0.39 is 0 Å². The first-order chi connectivity index (χ1) is 8.06. The lowest BCUT2D eigenvalue weighted by molar-refractivity contribution is 0.633. The van der Waals surface area contributed by atoms with Crippen molar-refractivity contribution in [3.8, 4) is 0 Å². The number of nitrogens with zero attached hydrogens (tertiary/aromatic N) is 1. The van der Waals surface area contributed by atoms with Crippen LogP contribution in [0.5, 0.6) is 0 Å². The molecule has 2 aromatic rings. The maximum atomic E-state index is 12.3. The molecule has 0 aliphatic carbocycles. The molecule has 0 fully saturated rings. The third-order valence-corrected chi connectivity index (χ3v) is 3.22. The van der Waals surface area contributed by atoms with Gasteiger partial charge in [-0.25, -0.2) is 0 Å². The second kappa shape index (κ2) is 4.51. The van der Waals surface area contributed by atoms with E-state index in [-0.39, 0.29) is 11.6 Å². The number of hydrogen-bond donors (Lipinski definition) is 1. The molecule has 0 saturated heterocycles. The Morgan fingerprint density at radius 2 is 2.18 bits per heavy atom. The van der Waals surface area contributed by atoms with Gasteiger partial charge in [0.2, 0.25) is 0 Å². The SMILES string of the molecule is CCn1c([C@H](C)N)cc2cccc(Cl)c2c1=O. The summed E-state index contributed by atoms with van der Waals surface area (Å²) in [7, 11) is 0. The van der Waals surface area contributed by atoms with Crippen molar-refractivity contribution < 1.29 is 0 Å². The van der Waals surface area contributed by atoms with E-state index in [1.54, 1.807) is 10.6 Å². The van der Waals surface area contributed by atoms with Gasteiger partial charge in [-0.1, -0.05) is 23.7 Å². The average molecular weight is 251 g/mol. The number of aromatic nitrogens is 1. The first kappa shape index (κ1) is 12.1. The monoisotopic (exact) mass is 250 g/mol. The Balaban J connectivity index is 2.94. The van der Waals surface area contributed by atoms with Crippen LogP contribution in [0.3, 0.4) is 0 Å². The van der Waals surface area contributed by atoms with Gasteiger partial charge in [-0.3, -0.25) is 4.79 Å². The minimum absolute atomic E-state index is 0.0668. The van der Waals surface area contributed by atoms with Crippen molar-refractivity contribution in [2.75, 3.05) is 0 Å². The van der Waals surface area contributed by atoms with Crippen LogP contribution in [-0.2, 0) is 6.54 Å². The highest BCUT2D eigenvalue weighted by atomic mass is 35.5. The van der Waals surface area contributed by atoms with Crippen molar-refractivity contribution in [3.63, 3.8) is 0 Å². The summed E-state index contributed by atoms with van der Waals surface area (Å²) in [5, 5.41) is 1.91. The number of benzene rings is 1. The van der Waals surface area contributed by atoms with Crippen molar-refractivity contribution in [2.24, 2.45) is 5.73 Å². The zero-order valence-corrected chi connectivity index (χ0v) is 10.7. The fourth-order valence-corrected chi connectivity index (χ4v) is 2.34. The third kappa shape index (κ3) is 1.96. The van der Waals surface area contributed by atoms with E-state index in [2.05, 4.69) is 0 Å². The Morgan fingerprint density at radius 3 is 2.76 bits per heavy atom. The second-order valence-electron chi connectivity index (χ2n) is 4.11. The summed E-state index contributed by atoms with van der Waals surface area (Å²) < 4.78 is 1.68. The molecule has 90 valence electrons. The molecule has 0 bridgehead atoms. The van der Waals surface area contributed by atoms with Gasteiger partial charge in [0.25, 0.3) is 5.56 Å². The second-order valence-corrected chi connectivity index (χ2v) is 4.52. The zero-order valence-electron chi connectivity index (χ0n) is 9.90. The van der Waals surface area contributed by atoms with Gasteiger partial charge in [0.15, 0.2) is 0 Å². The van der Waals surface area contributed by atoms with Gasteiger partial charge >= 0.3 is 0 Å². The predicted molar refractivity (Wildman–Crippen MR) is 71.5 cm³/mol. The van der Waals surface area contributed by atoms with Crippen LogP contribution in [0.2, 0.25) is 5.02 Å². The highest BCUT2D eigenvalue weighted by Gasteiger charge is 2.12. The largest absolute Gasteiger partial charge is 0.323 e. The number of hydrogen-bond acceptors (Lipinski definition) is 2. The van der Waals surface area contributed by atoms with Crippen molar-refractivity contribution in [2.45, 2.75) is 26.4 Å². The predicted octanol–water partition coefficient (Wildman–Crippen LogP) is 2.69. The molecule has 1 aromatic heterocycles. The van der Waals surface area contributed by atoms with Crippen LogP contribution < -0.4 is 11.3 Å². The number of rotatable bonds is 2. The van der Waals surface area contributed by atoms with E-state index in [9.17, 15) is 4.79 Å². The quantitative estimate of drug-likeness (QED) is 0.891. The van der Waals surface area contributed by atoms with Crippen LogP contribution in [0.1, 0.15) is 25.6 Å². The fourth-order valence-electron chi connectivity index (χ4n) is 2.08. The van der Waals surface area contributed by atoms with Crippen LogP contribution in [0.15, 0.2) is 29.1 Å². The first-order valence-electron chi connectivity index (χ1n) is 5.63. The zero-order chi connectivity index (χ0) is 12.6. The Hall–Kier alpha value is -1.32. The smallest absolute Gasteiger partial charge is 0.260 e. The van der Waals surface area contributed by atoms with Crippen LogP contribution in [-0.4, -0.2) is 4.57 Å². The maximum absolute atomic E-state index is 12.3. The van der Waals surface area contributed by atoms with E-state index >= 15 is 0 Å². The van der Waals surface area contributed by atoms with E-state index in [1.165, 1.54) is 0 Å². The number of halogens is 1. The molecule has 0 spiro atoms. The van der Waals surface area contributed by atoms with E-state index in [0.717, 1.165) is 11.1 Å². The lowest BCUT2D eigenvalue weighted by atomic mass is 10.1. The standard InChI is InChI=1S/C13H15ClN2O/c1-3-16-11(8(2)15)7-9-5-4-6-10(14)12(9)13(16)17/h4-8H,3,15H2,1-2H3/t8-/m0/s1. The minimum Gasteiger partial charge on any atom is -0.323 e. The van der Waals surface area contributed by atoms with Crippen LogP contribution in [0, 0.1) is 0 Å². The highest BCUT2D eigenvalue weighted by molar-refractivity contribution is 6.35. The molecule has 1 aromatic carbocycles. The summed E-state index contributed by atoms with van der Waals surface area (Å²) in [6.07, 6.45) is 0. The Morgan fingerprint density at radius 1 is 1.47 bits per heavy atom. The lowest BCUT2D eigenvalue weighted by Crippen LogP contribution is -2.26. The van der Waals surface area contributed by atoms with Gasteiger partial charge in [0, 0.05) is 18.3 Å². The highest BCUT2D eigenvalue weighted by Crippen LogP contribution is 2.22. The van der Waals surface area contributed by atoms with Gasteiger partial charge in [-0.15, -0.1) is 0 Å². The first-order valence-corrected chi connectivity index (χ1v) is 6.01. The van der Waals surface area contributed by atoms with Gasteiger partial charge in [-0.2, -0.15) is 0 Å². The Kier molecular flexibility index (Phi) is 3.22. The molecule has 17 heavy (non-hydrogen) atoms. The van der Waals surface area contributed by atoms with E-state index in [1.807, 2.05) is 32.0 Å². The summed E-state index contributed by atoms with van der Waals surface area (Å²) >= 11 is 6.08. The summed E-state index contributed by atoms with van der Waals surface area (Å²) in [5.41, 5.74) is 6.67. The molecule has 4 heteroatoms. The summed E-state index contributed by atoms with van der Waals surface area (Å²) in [5.74, 6) is 0. The number of pyridine rings is 1. The van der Waals surface area contributed by atoms with Crippen LogP contribution in [0.25, 0.3) is 10.8 Å². The van der Waals surface area contributed by atoms with Gasteiger partial charge < -0.3 is 10.3 Å².